The van der Waals surface area contributed by atoms with Gasteiger partial charge in [-0.1, -0.05) is 150 Å². The molecule has 0 aliphatic carbocycles. The van der Waals surface area contributed by atoms with Gasteiger partial charge in [-0.15, -0.1) is 11.8 Å². The third-order valence-electron chi connectivity index (χ3n) is 23.9. The molecule has 0 spiro atoms. The van der Waals surface area contributed by atoms with Gasteiger partial charge in [-0.2, -0.15) is 0 Å². The lowest BCUT2D eigenvalue weighted by molar-refractivity contribution is -0.149. The maximum absolute atomic E-state index is 15.8. The number of guanidine groups is 1. The molecule has 4 aromatic carbocycles. The number of benzene rings is 4. The van der Waals surface area contributed by atoms with Gasteiger partial charge in [0.1, 0.15) is 78.5 Å². The monoisotopic (exact) mass is 1900 g/mol. The quantitative estimate of drug-likeness (QED) is 0.0173. The number of amides is 17. The number of primary amides is 2. The smallest absolute Gasteiger partial charge is 0.246 e. The molecular formula is C94H131N23O18S. The molecule has 5 unspecified atom stereocenters. The zero-order valence-electron chi connectivity index (χ0n) is 78.6. The average molecular weight is 1900 g/mol. The number of carbonyl (C=O) groups is 17. The molecule has 13 atom stereocenters. The topological polar surface area (TPSA) is 605 Å². The Kier molecular flexibility index (Phi) is 41.7. The lowest BCUT2D eigenvalue weighted by Crippen LogP contribution is -2.61. The van der Waals surface area contributed by atoms with Crippen molar-refractivity contribution in [3.05, 3.63) is 150 Å². The van der Waals surface area contributed by atoms with Crippen molar-refractivity contribution in [2.75, 3.05) is 72.5 Å². The lowest BCUT2D eigenvalue weighted by Gasteiger charge is -2.36. The fourth-order valence-corrected chi connectivity index (χ4v) is 17.1. The maximum Gasteiger partial charge on any atom is 0.246 e. The van der Waals surface area contributed by atoms with Gasteiger partial charge in [0.05, 0.1) is 38.2 Å². The number of imidazole rings is 1. The fraction of sp³-hybridized carbons (Fsp3) is 0.500. The summed E-state index contributed by atoms with van der Waals surface area (Å²) in [5, 5.41) is 48.9. The Bertz CT molecular complexity index is 5180. The number of aromatic nitrogens is 3. The number of fused-ring (bicyclic) bond motifs is 2. The van der Waals surface area contributed by atoms with E-state index in [1.54, 1.807) is 86.8 Å². The molecule has 8 rings (SSSR count). The van der Waals surface area contributed by atoms with E-state index in [9.17, 15) is 62.6 Å². The number of aliphatic hydroxyl groups excluding tert-OH is 1. The lowest BCUT2D eigenvalue weighted by atomic mass is 9.97. The first-order chi connectivity index (χ1) is 64.8. The minimum atomic E-state index is -1.85. The molecule has 6 aromatic rings. The van der Waals surface area contributed by atoms with E-state index >= 15 is 24.0 Å². The van der Waals surface area contributed by atoms with Gasteiger partial charge in [-0.25, -0.2) is 4.98 Å². The predicted octanol–water partition coefficient (Wildman–Crippen LogP) is -0.644. The second-order valence-corrected chi connectivity index (χ2v) is 35.8. The van der Waals surface area contributed by atoms with E-state index in [2.05, 4.69) is 73.4 Å². The third kappa shape index (κ3) is 31.7. The first-order valence-corrected chi connectivity index (χ1v) is 46.9. The summed E-state index contributed by atoms with van der Waals surface area (Å²) in [4.78, 5) is 265. The number of nitrogens with two attached hydrogens (primary N) is 3. The van der Waals surface area contributed by atoms with Gasteiger partial charge in [0, 0.05) is 102 Å². The summed E-state index contributed by atoms with van der Waals surface area (Å²) in [7, 11) is 5.26. The van der Waals surface area contributed by atoms with Crippen molar-refractivity contribution in [3.63, 3.8) is 0 Å². The number of hydrogen-bond acceptors (Lipinski definition) is 21. The van der Waals surface area contributed by atoms with Gasteiger partial charge in [0.2, 0.25) is 100 Å². The number of aromatic amines is 2. The maximum atomic E-state index is 15.8. The first kappa shape index (κ1) is 108. The van der Waals surface area contributed by atoms with Crippen LogP contribution >= 0.6 is 11.8 Å². The highest BCUT2D eigenvalue weighted by Crippen LogP contribution is 2.27. The van der Waals surface area contributed by atoms with Crippen molar-refractivity contribution in [1.29, 1.82) is 5.41 Å². The number of H-pyrrole nitrogens is 2. The molecule has 0 saturated carbocycles. The van der Waals surface area contributed by atoms with E-state index in [0.29, 0.717) is 59.0 Å². The van der Waals surface area contributed by atoms with E-state index in [0.717, 1.165) is 53.0 Å². The molecule has 2 aliphatic heterocycles. The van der Waals surface area contributed by atoms with Crippen molar-refractivity contribution < 1.29 is 86.6 Å². The second kappa shape index (κ2) is 52.7. The standard InChI is InChI=1S/C94H131N23O18S/c1-11-13-31-74-87(129)106-65(30-22-38-100-94(97)98)83(125)112-73(82(124)102-48-78(96)120)51-136-52-80(122)105-69(41-57-25-16-15-17-26-57)90(132)114(8)56(6)81(123)108-71(45-77(95)119)92(134)117-39-23-33-75(117)88(130)107-67(44-61-47-99-53-103-61)85(127)109-68(40-54(3)4)89(131)113(7)49-79(121)104-66(43-60-46-101-64-29-21-20-28-63(60)64)84(126)111-72(50-118)86(128)110-70(91(133)116(10)76(32-14-12-2)93(135)115(74)9)42-58-34-36-59(37-35-58)62-27-19-18-24-55(62)5/h15-21,24-29,34-37,46-47,53-54,56,65-76,101,118H,11-14,22-23,30-33,38-45,48-52H2,1-10H3,(H2,95,119)(H2,96,120)(H,99,103)(H,102,124)(H,104,121)(H,105,122)(H,106,129)(H,107,130)(H,108,123)(H,109,127)(H,110,128)(H,111,126)(H,112,125)(H4,97,98,100)/t56-,65?,66-,67-,68?,69?,70?,71-,72-,73-,74-,75?,76-/m0/s1. The summed E-state index contributed by atoms with van der Waals surface area (Å²) < 4.78 is 0. The number of carbonyl (C=O) groups excluding carboxylic acids is 17. The predicted molar refractivity (Wildman–Crippen MR) is 508 cm³/mol. The van der Waals surface area contributed by atoms with Gasteiger partial charge in [0.25, 0.3) is 0 Å². The summed E-state index contributed by atoms with van der Waals surface area (Å²) in [6.45, 7) is 7.88. The minimum Gasteiger partial charge on any atom is -0.394 e. The average Bonchev–Trinajstić information content (AvgIpc) is 1.49. The molecule has 0 bridgehead atoms. The van der Waals surface area contributed by atoms with Crippen LogP contribution in [0.5, 0.6) is 0 Å². The van der Waals surface area contributed by atoms with Gasteiger partial charge in [0.15, 0.2) is 5.96 Å². The van der Waals surface area contributed by atoms with Crippen molar-refractivity contribution in [2.24, 2.45) is 23.1 Å². The number of para-hydroxylation sites is 1. The number of nitrogens with one attached hydrogen (secondary N) is 14. The molecule has 736 valence electrons. The number of thioether (sulfide) groups is 1. The second-order valence-electron chi connectivity index (χ2n) is 34.8. The molecule has 2 aliphatic rings. The molecule has 2 saturated heterocycles. The number of rotatable bonds is 27. The SMILES string of the molecule is CCCC[C@H]1C(=O)N(C)[C@@H](CCCC)C(=O)NC(CCCNC(=N)N)C(=O)N[C@H](C(=O)NCC(N)=O)CSCC(=O)NC(Cc2ccccc2)C(=O)N(C)[C@@H](C)C(=O)N[C@@H](CC(N)=O)C(=O)N2CCCC2C(=O)N[C@@H](Cc2cnc[nH]2)C(=O)NC(CC(C)C)C(=O)N(C)CC(=O)N[C@@H](Cc2c[nH]c3ccccc23)C(=O)N[C@@H](CO)C(=O)NC(Cc2ccc(-c3ccccc3C)cc2)C(=O)N1C. The number of aliphatic hydroxyl groups is 1. The van der Waals surface area contributed by atoms with Gasteiger partial charge in [-0.3, -0.25) is 86.9 Å². The van der Waals surface area contributed by atoms with E-state index in [1.165, 1.54) is 47.6 Å². The molecule has 4 heterocycles. The van der Waals surface area contributed by atoms with Crippen LogP contribution in [0, 0.1) is 18.3 Å². The molecular weight excluding hydrogens is 1770 g/mol. The van der Waals surface area contributed by atoms with Gasteiger partial charge in [-0.05, 0) is 104 Å². The highest BCUT2D eigenvalue weighted by atomic mass is 32.2. The zero-order valence-corrected chi connectivity index (χ0v) is 79.4. The van der Waals surface area contributed by atoms with E-state index < -0.39 is 223 Å². The fourth-order valence-electron chi connectivity index (χ4n) is 16.2. The summed E-state index contributed by atoms with van der Waals surface area (Å²) in [6, 6.07) is 10.6. The minimum absolute atomic E-state index is 0.000154. The molecule has 21 N–H and O–H groups in total. The third-order valence-corrected chi connectivity index (χ3v) is 24.9. The van der Waals surface area contributed by atoms with Crippen LogP contribution in [0.15, 0.2) is 122 Å². The van der Waals surface area contributed by atoms with Crippen molar-refractivity contribution in [1.82, 2.24) is 97.9 Å². The summed E-state index contributed by atoms with van der Waals surface area (Å²) in [5.74, 6) is -17.1. The molecule has 17 amide bonds. The van der Waals surface area contributed by atoms with Crippen LogP contribution < -0.4 is 75.7 Å². The van der Waals surface area contributed by atoms with Crippen molar-refractivity contribution >= 4 is 129 Å². The molecule has 2 aromatic heterocycles. The van der Waals surface area contributed by atoms with Crippen LogP contribution in [-0.4, -0.2) is 302 Å². The highest BCUT2D eigenvalue weighted by Gasteiger charge is 2.44. The zero-order chi connectivity index (χ0) is 99.6. The first-order valence-electron chi connectivity index (χ1n) is 45.7. The Morgan fingerprint density at radius 3 is 1.76 bits per heavy atom. The Hall–Kier alpha value is -13.8. The Labute approximate surface area is 794 Å². The van der Waals surface area contributed by atoms with Crippen LogP contribution in [-0.2, 0) is 107 Å². The highest BCUT2D eigenvalue weighted by molar-refractivity contribution is 8.00. The normalized spacial score (nSPS) is 23.1. The number of hydrogen-bond donors (Lipinski definition) is 18. The molecule has 41 nitrogen and oxygen atoms in total. The van der Waals surface area contributed by atoms with Crippen LogP contribution in [0.1, 0.15) is 140 Å². The van der Waals surface area contributed by atoms with Crippen molar-refractivity contribution in [2.45, 2.75) is 223 Å². The number of nitrogens with zero attached hydrogens (tertiary/aromatic N) is 6. The van der Waals surface area contributed by atoms with Gasteiger partial charge < -0.3 is 115 Å². The molecule has 2 fully saturated rings. The molecule has 136 heavy (non-hydrogen) atoms. The molecule has 0 radical (unpaired) electrons. The Balaban J connectivity index is 1.19. The number of likely N-dealkylation sites (N-methyl/N-ethyl adjacent to an activating group) is 4. The summed E-state index contributed by atoms with van der Waals surface area (Å²) >= 11 is 0.796. The molecule has 42 heteroatoms. The largest absolute Gasteiger partial charge is 0.394 e. The summed E-state index contributed by atoms with van der Waals surface area (Å²) in [6.07, 6.45) is 4.36. The van der Waals surface area contributed by atoms with E-state index in [-0.39, 0.29) is 89.6 Å². The van der Waals surface area contributed by atoms with Crippen LogP contribution in [0.25, 0.3) is 22.0 Å². The van der Waals surface area contributed by atoms with Gasteiger partial charge >= 0.3 is 0 Å². The Morgan fingerprint density at radius 1 is 0.551 bits per heavy atom. The number of unbranched alkanes of at least 4 members (excludes halogenated alkanes) is 2. The van der Waals surface area contributed by atoms with Crippen molar-refractivity contribution in [3.8, 4) is 11.1 Å². The summed E-state index contributed by atoms with van der Waals surface area (Å²) in [5.41, 5.74) is 22.1. The Morgan fingerprint density at radius 2 is 1.12 bits per heavy atom. The van der Waals surface area contributed by atoms with Crippen LogP contribution in [0.2, 0.25) is 0 Å². The number of aryl methyl sites for hydroxylation is 1. The van der Waals surface area contributed by atoms with E-state index in [4.69, 9.17) is 22.6 Å². The van der Waals surface area contributed by atoms with E-state index in [1.807, 2.05) is 57.2 Å². The van der Waals surface area contributed by atoms with Crippen LogP contribution in [0.3, 0.4) is 0 Å². The van der Waals surface area contributed by atoms with Crippen LogP contribution in [0.4, 0.5) is 0 Å².